The van der Waals surface area contributed by atoms with Gasteiger partial charge in [0.1, 0.15) is 5.75 Å². The van der Waals surface area contributed by atoms with Crippen LogP contribution in [0.25, 0.3) is 0 Å². The summed E-state index contributed by atoms with van der Waals surface area (Å²) in [6.07, 6.45) is 1.58. The number of halogens is 4. The van der Waals surface area contributed by atoms with Gasteiger partial charge in [-0.05, 0) is 35.0 Å². The lowest BCUT2D eigenvalue weighted by Crippen LogP contribution is -2.11. The molecule has 1 unspecified atom stereocenters. The lowest BCUT2D eigenvalue weighted by Gasteiger charge is -2.19. The maximum atomic E-state index is 12.4. The topological polar surface area (TPSA) is 34.2 Å². The predicted molar refractivity (Wildman–Crippen MR) is 82.1 cm³/mol. The van der Waals surface area contributed by atoms with Crippen molar-refractivity contribution in [2.45, 2.75) is 19.6 Å². The number of hydrogen-bond donors (Lipinski definition) is 1. The van der Waals surface area contributed by atoms with Crippen LogP contribution in [0.15, 0.2) is 41.0 Å². The second kappa shape index (κ2) is 7.04. The number of para-hydroxylation sites is 1. The number of alkyl halides is 2. The van der Waals surface area contributed by atoms with Crippen molar-refractivity contribution in [1.82, 2.24) is 4.98 Å². The summed E-state index contributed by atoms with van der Waals surface area (Å²) in [5.74, 6) is 0.131. The Kier molecular flexibility index (Phi) is 5.36. The van der Waals surface area contributed by atoms with Gasteiger partial charge in [-0.1, -0.05) is 29.8 Å². The number of pyridine rings is 1. The number of rotatable bonds is 5. The quantitative estimate of drug-likeness (QED) is 0.721. The summed E-state index contributed by atoms with van der Waals surface area (Å²) in [7, 11) is 0. The fourth-order valence-electron chi connectivity index (χ4n) is 1.88. The summed E-state index contributed by atoms with van der Waals surface area (Å²) >= 11 is 9.31. The monoisotopic (exact) mass is 376 g/mol. The van der Waals surface area contributed by atoms with Gasteiger partial charge in [0, 0.05) is 16.2 Å². The lowest BCUT2D eigenvalue weighted by molar-refractivity contribution is -0.0505. The van der Waals surface area contributed by atoms with Crippen LogP contribution in [0.1, 0.15) is 18.5 Å². The first-order valence-electron chi connectivity index (χ1n) is 6.08. The highest BCUT2D eigenvalue weighted by Gasteiger charge is 2.15. The maximum absolute atomic E-state index is 12.4. The summed E-state index contributed by atoms with van der Waals surface area (Å²) in [6, 6.07) is 8.10. The molecule has 112 valence electrons. The van der Waals surface area contributed by atoms with Crippen LogP contribution in [0.2, 0.25) is 5.15 Å². The molecule has 3 nitrogen and oxygen atoms in total. The van der Waals surface area contributed by atoms with E-state index in [1.807, 2.05) is 6.92 Å². The lowest BCUT2D eigenvalue weighted by atomic mass is 10.1. The van der Waals surface area contributed by atoms with E-state index in [2.05, 4.69) is 31.0 Å². The zero-order valence-corrected chi connectivity index (χ0v) is 13.3. The molecule has 2 rings (SSSR count). The minimum atomic E-state index is -2.87. The molecule has 1 aromatic carbocycles. The molecule has 7 heteroatoms. The molecule has 1 atom stereocenters. The molecule has 0 aliphatic heterocycles. The number of aromatic nitrogens is 1. The van der Waals surface area contributed by atoms with E-state index in [0.717, 1.165) is 4.47 Å². The second-order valence-electron chi connectivity index (χ2n) is 4.27. The van der Waals surface area contributed by atoms with Crippen LogP contribution in [-0.4, -0.2) is 11.6 Å². The van der Waals surface area contributed by atoms with Gasteiger partial charge in [0.15, 0.2) is 5.15 Å². The predicted octanol–water partition coefficient (Wildman–Crippen LogP) is 5.27. The number of anilines is 1. The molecule has 0 aliphatic carbocycles. The van der Waals surface area contributed by atoms with Gasteiger partial charge in [0.25, 0.3) is 0 Å². The Morgan fingerprint density at radius 1 is 1.33 bits per heavy atom. The van der Waals surface area contributed by atoms with Gasteiger partial charge >= 0.3 is 6.61 Å². The van der Waals surface area contributed by atoms with Crippen molar-refractivity contribution < 1.29 is 13.5 Å². The summed E-state index contributed by atoms with van der Waals surface area (Å²) < 4.78 is 30.1. The standard InChI is InChI=1S/C14H12BrClF2N2O/c1-8(20-11-6-9(15)7-19-13(11)16)10-4-2-3-5-12(10)21-14(17)18/h2-8,14,20H,1H3. The Morgan fingerprint density at radius 3 is 2.76 bits per heavy atom. The van der Waals surface area contributed by atoms with E-state index in [-0.39, 0.29) is 11.8 Å². The minimum Gasteiger partial charge on any atom is -0.434 e. The fourth-order valence-corrected chi connectivity index (χ4v) is 2.37. The number of benzene rings is 1. The Bertz CT molecular complexity index is 628. The molecule has 0 aliphatic rings. The molecular weight excluding hydrogens is 366 g/mol. The Balaban J connectivity index is 2.24. The SMILES string of the molecule is CC(Nc1cc(Br)cnc1Cl)c1ccccc1OC(F)F. The zero-order chi connectivity index (χ0) is 15.4. The average Bonchev–Trinajstić information content (AvgIpc) is 2.42. The highest BCUT2D eigenvalue weighted by Crippen LogP contribution is 2.31. The van der Waals surface area contributed by atoms with E-state index in [9.17, 15) is 8.78 Å². The molecule has 0 bridgehead atoms. The molecular formula is C14H12BrClF2N2O. The number of ether oxygens (including phenoxy) is 1. The first kappa shape index (κ1) is 16.0. The molecule has 0 fully saturated rings. The van der Waals surface area contributed by atoms with E-state index in [4.69, 9.17) is 11.6 Å². The van der Waals surface area contributed by atoms with Gasteiger partial charge in [0.05, 0.1) is 11.7 Å². The van der Waals surface area contributed by atoms with Gasteiger partial charge in [-0.15, -0.1) is 0 Å². The number of hydrogen-bond acceptors (Lipinski definition) is 3. The van der Waals surface area contributed by atoms with Crippen LogP contribution >= 0.6 is 27.5 Å². The number of nitrogens with zero attached hydrogens (tertiary/aromatic N) is 1. The van der Waals surface area contributed by atoms with Crippen LogP contribution in [0.3, 0.4) is 0 Å². The van der Waals surface area contributed by atoms with Crippen molar-refractivity contribution in [3.05, 3.63) is 51.7 Å². The Labute approximate surface area is 134 Å². The van der Waals surface area contributed by atoms with Crippen LogP contribution in [0.5, 0.6) is 5.75 Å². The van der Waals surface area contributed by atoms with E-state index < -0.39 is 6.61 Å². The van der Waals surface area contributed by atoms with Crippen molar-refractivity contribution in [1.29, 1.82) is 0 Å². The van der Waals surface area contributed by atoms with Gasteiger partial charge in [-0.3, -0.25) is 0 Å². The summed E-state index contributed by atoms with van der Waals surface area (Å²) in [5.41, 5.74) is 1.21. The molecule has 2 aromatic rings. The zero-order valence-electron chi connectivity index (χ0n) is 11.0. The summed E-state index contributed by atoms with van der Waals surface area (Å²) in [6.45, 7) is -1.04. The van der Waals surface area contributed by atoms with Crippen LogP contribution in [-0.2, 0) is 0 Å². The Hall–Kier alpha value is -1.40. The largest absolute Gasteiger partial charge is 0.434 e. The van der Waals surface area contributed by atoms with E-state index >= 15 is 0 Å². The third-order valence-electron chi connectivity index (χ3n) is 2.78. The van der Waals surface area contributed by atoms with Crippen molar-refractivity contribution in [2.75, 3.05) is 5.32 Å². The van der Waals surface area contributed by atoms with Gasteiger partial charge in [-0.25, -0.2) is 4.98 Å². The summed E-state index contributed by atoms with van der Waals surface area (Å²) in [4.78, 5) is 4.00. The van der Waals surface area contributed by atoms with Crippen molar-refractivity contribution in [3.8, 4) is 5.75 Å². The van der Waals surface area contributed by atoms with Crippen molar-refractivity contribution in [3.63, 3.8) is 0 Å². The minimum absolute atomic E-state index is 0.131. The molecule has 0 saturated carbocycles. The van der Waals surface area contributed by atoms with Gasteiger partial charge in [-0.2, -0.15) is 8.78 Å². The van der Waals surface area contributed by atoms with E-state index in [1.165, 1.54) is 6.07 Å². The normalized spacial score (nSPS) is 12.3. The third-order valence-corrected chi connectivity index (χ3v) is 3.51. The average molecular weight is 378 g/mol. The molecule has 0 saturated heterocycles. The fraction of sp³-hybridized carbons (Fsp3) is 0.214. The first-order chi connectivity index (χ1) is 9.97. The Morgan fingerprint density at radius 2 is 2.05 bits per heavy atom. The van der Waals surface area contributed by atoms with Crippen molar-refractivity contribution in [2.24, 2.45) is 0 Å². The maximum Gasteiger partial charge on any atom is 0.387 e. The van der Waals surface area contributed by atoms with E-state index in [0.29, 0.717) is 16.4 Å². The third kappa shape index (κ3) is 4.28. The highest BCUT2D eigenvalue weighted by atomic mass is 79.9. The van der Waals surface area contributed by atoms with Gasteiger partial charge < -0.3 is 10.1 Å². The summed E-state index contributed by atoms with van der Waals surface area (Å²) in [5, 5.41) is 3.43. The molecule has 1 heterocycles. The van der Waals surface area contributed by atoms with E-state index in [1.54, 1.807) is 30.5 Å². The molecule has 21 heavy (non-hydrogen) atoms. The smallest absolute Gasteiger partial charge is 0.387 e. The van der Waals surface area contributed by atoms with Crippen LogP contribution in [0.4, 0.5) is 14.5 Å². The number of nitrogens with one attached hydrogen (secondary N) is 1. The highest BCUT2D eigenvalue weighted by molar-refractivity contribution is 9.10. The van der Waals surface area contributed by atoms with Crippen LogP contribution < -0.4 is 10.1 Å². The van der Waals surface area contributed by atoms with Crippen molar-refractivity contribution >= 4 is 33.2 Å². The second-order valence-corrected chi connectivity index (χ2v) is 5.55. The molecule has 0 amide bonds. The molecule has 1 aromatic heterocycles. The molecule has 1 N–H and O–H groups in total. The molecule has 0 spiro atoms. The van der Waals surface area contributed by atoms with Crippen LogP contribution in [0, 0.1) is 0 Å². The molecule has 0 radical (unpaired) electrons. The van der Waals surface area contributed by atoms with Gasteiger partial charge in [0.2, 0.25) is 0 Å². The first-order valence-corrected chi connectivity index (χ1v) is 7.26.